The average Bonchev–Trinajstić information content (AvgIpc) is 2.44. The molecule has 2 atom stereocenters. The van der Waals surface area contributed by atoms with Crippen molar-refractivity contribution in [1.29, 1.82) is 0 Å². The van der Waals surface area contributed by atoms with Crippen molar-refractivity contribution in [3.63, 3.8) is 0 Å². The van der Waals surface area contributed by atoms with Crippen molar-refractivity contribution < 1.29 is 0 Å². The van der Waals surface area contributed by atoms with Crippen molar-refractivity contribution >= 4 is 0 Å². The molecule has 0 aliphatic heterocycles. The van der Waals surface area contributed by atoms with E-state index in [0.717, 1.165) is 11.8 Å². The Morgan fingerprint density at radius 2 is 1.64 bits per heavy atom. The number of benzene rings is 1. The highest BCUT2D eigenvalue weighted by molar-refractivity contribution is 5.20. The Labute approximate surface area is 87.3 Å². The minimum atomic E-state index is 0.818. The molecule has 1 saturated carbocycles. The number of hydrogen-bond acceptors (Lipinski definition) is 0. The van der Waals surface area contributed by atoms with Crippen LogP contribution >= 0.6 is 0 Å². The second kappa shape index (κ2) is 4.63. The summed E-state index contributed by atoms with van der Waals surface area (Å²) in [5, 5.41) is 0. The Balaban J connectivity index is 2.15. The summed E-state index contributed by atoms with van der Waals surface area (Å²) in [6.45, 7) is 2.42. The van der Waals surface area contributed by atoms with E-state index in [1.54, 1.807) is 5.56 Å². The van der Waals surface area contributed by atoms with Gasteiger partial charge in [-0.15, -0.1) is 0 Å². The normalized spacial score (nSPS) is 28.4. The first-order valence-corrected chi connectivity index (χ1v) is 5.93. The van der Waals surface area contributed by atoms with Gasteiger partial charge in [-0.2, -0.15) is 0 Å². The maximum absolute atomic E-state index is 2.42. The van der Waals surface area contributed by atoms with Crippen LogP contribution in [-0.2, 0) is 0 Å². The minimum absolute atomic E-state index is 0.818. The lowest BCUT2D eigenvalue weighted by Gasteiger charge is -2.21. The minimum Gasteiger partial charge on any atom is -0.0622 e. The van der Waals surface area contributed by atoms with Crippen LogP contribution in [-0.4, -0.2) is 0 Å². The van der Waals surface area contributed by atoms with Crippen LogP contribution in [0.4, 0.5) is 0 Å². The molecule has 0 saturated heterocycles. The largest absolute Gasteiger partial charge is 0.0622 e. The molecular weight excluding hydrogens is 168 g/mol. The predicted molar refractivity (Wildman–Crippen MR) is 61.4 cm³/mol. The molecule has 1 aliphatic carbocycles. The molecule has 1 aliphatic rings. The molecule has 0 bridgehead atoms. The van der Waals surface area contributed by atoms with E-state index in [1.165, 1.54) is 32.1 Å². The quantitative estimate of drug-likeness (QED) is 0.574. The molecule has 1 fully saturated rings. The van der Waals surface area contributed by atoms with E-state index < -0.39 is 0 Å². The zero-order valence-electron chi connectivity index (χ0n) is 9.08. The first-order chi connectivity index (χ1) is 6.88. The van der Waals surface area contributed by atoms with Crippen molar-refractivity contribution in [3.8, 4) is 0 Å². The molecule has 0 aromatic heterocycles. The zero-order chi connectivity index (χ0) is 9.80. The molecule has 0 heterocycles. The third-order valence-corrected chi connectivity index (χ3v) is 3.59. The highest BCUT2D eigenvalue weighted by atomic mass is 14.3. The molecule has 0 heteroatoms. The first-order valence-electron chi connectivity index (χ1n) is 5.93. The van der Waals surface area contributed by atoms with E-state index in [-0.39, 0.29) is 0 Å². The first kappa shape index (κ1) is 9.76. The monoisotopic (exact) mass is 188 g/mol. The Kier molecular flexibility index (Phi) is 3.23. The lowest BCUT2D eigenvalue weighted by atomic mass is 9.84. The standard InChI is InChI=1S/C14H20/c1-12-8-4-2-7-11-14(12)13-9-5-3-6-10-13/h3,5-6,9-10,12,14H,2,4,7-8,11H2,1H3. The van der Waals surface area contributed by atoms with Gasteiger partial charge in [0.25, 0.3) is 0 Å². The van der Waals surface area contributed by atoms with Crippen LogP contribution in [0.15, 0.2) is 30.3 Å². The van der Waals surface area contributed by atoms with Crippen molar-refractivity contribution in [2.75, 3.05) is 0 Å². The molecule has 0 nitrogen and oxygen atoms in total. The van der Waals surface area contributed by atoms with Gasteiger partial charge in [0, 0.05) is 0 Å². The molecule has 14 heavy (non-hydrogen) atoms. The van der Waals surface area contributed by atoms with Gasteiger partial charge in [0.05, 0.1) is 0 Å². The van der Waals surface area contributed by atoms with Crippen LogP contribution in [0, 0.1) is 5.92 Å². The average molecular weight is 188 g/mol. The van der Waals surface area contributed by atoms with Gasteiger partial charge in [0.15, 0.2) is 0 Å². The van der Waals surface area contributed by atoms with Crippen LogP contribution in [0.2, 0.25) is 0 Å². The smallest absolute Gasteiger partial charge is 0.0136 e. The molecule has 2 rings (SSSR count). The SMILES string of the molecule is CC1CCCCCC1c1ccccc1. The molecule has 76 valence electrons. The van der Waals surface area contributed by atoms with Gasteiger partial charge < -0.3 is 0 Å². The highest BCUT2D eigenvalue weighted by Crippen LogP contribution is 2.35. The van der Waals surface area contributed by atoms with Gasteiger partial charge in [-0.1, -0.05) is 62.9 Å². The van der Waals surface area contributed by atoms with E-state index in [0.29, 0.717) is 0 Å². The summed E-state index contributed by atoms with van der Waals surface area (Å²) in [5.74, 6) is 1.69. The zero-order valence-corrected chi connectivity index (χ0v) is 9.08. The molecule has 0 amide bonds. The molecule has 0 radical (unpaired) electrons. The van der Waals surface area contributed by atoms with Crippen LogP contribution < -0.4 is 0 Å². The Morgan fingerprint density at radius 1 is 0.929 bits per heavy atom. The van der Waals surface area contributed by atoms with Gasteiger partial charge in [-0.05, 0) is 23.8 Å². The summed E-state index contributed by atoms with van der Waals surface area (Å²) in [4.78, 5) is 0. The molecular formula is C14H20. The van der Waals surface area contributed by atoms with Crippen LogP contribution in [0.1, 0.15) is 50.5 Å². The maximum atomic E-state index is 2.42. The van der Waals surface area contributed by atoms with Crippen molar-refractivity contribution in [2.24, 2.45) is 5.92 Å². The van der Waals surface area contributed by atoms with E-state index in [2.05, 4.69) is 37.3 Å². The Morgan fingerprint density at radius 3 is 2.43 bits per heavy atom. The van der Waals surface area contributed by atoms with Crippen molar-refractivity contribution in [1.82, 2.24) is 0 Å². The van der Waals surface area contributed by atoms with Crippen LogP contribution in [0.5, 0.6) is 0 Å². The van der Waals surface area contributed by atoms with E-state index >= 15 is 0 Å². The van der Waals surface area contributed by atoms with Crippen molar-refractivity contribution in [3.05, 3.63) is 35.9 Å². The predicted octanol–water partition coefficient (Wildman–Crippen LogP) is 4.37. The fraction of sp³-hybridized carbons (Fsp3) is 0.571. The van der Waals surface area contributed by atoms with Gasteiger partial charge in [-0.3, -0.25) is 0 Å². The van der Waals surface area contributed by atoms with Gasteiger partial charge >= 0.3 is 0 Å². The lowest BCUT2D eigenvalue weighted by molar-refractivity contribution is 0.434. The van der Waals surface area contributed by atoms with Gasteiger partial charge in [-0.25, -0.2) is 0 Å². The third kappa shape index (κ3) is 2.17. The van der Waals surface area contributed by atoms with Gasteiger partial charge in [0.2, 0.25) is 0 Å². The van der Waals surface area contributed by atoms with E-state index in [1.807, 2.05) is 0 Å². The summed E-state index contributed by atoms with van der Waals surface area (Å²) in [7, 11) is 0. The molecule has 1 aromatic rings. The maximum Gasteiger partial charge on any atom is -0.0136 e. The van der Waals surface area contributed by atoms with E-state index in [4.69, 9.17) is 0 Å². The number of rotatable bonds is 1. The number of hydrogen-bond donors (Lipinski definition) is 0. The molecule has 0 N–H and O–H groups in total. The highest BCUT2D eigenvalue weighted by Gasteiger charge is 2.20. The lowest BCUT2D eigenvalue weighted by Crippen LogP contribution is -2.07. The fourth-order valence-electron chi connectivity index (χ4n) is 2.69. The molecule has 2 unspecified atom stereocenters. The molecule has 1 aromatic carbocycles. The summed E-state index contributed by atoms with van der Waals surface area (Å²) in [6, 6.07) is 11.1. The summed E-state index contributed by atoms with van der Waals surface area (Å²) >= 11 is 0. The van der Waals surface area contributed by atoms with Gasteiger partial charge in [0.1, 0.15) is 0 Å². The van der Waals surface area contributed by atoms with Crippen molar-refractivity contribution in [2.45, 2.75) is 44.9 Å². The third-order valence-electron chi connectivity index (χ3n) is 3.59. The van der Waals surface area contributed by atoms with Crippen LogP contribution in [0.3, 0.4) is 0 Å². The second-order valence-corrected chi connectivity index (χ2v) is 4.63. The fourth-order valence-corrected chi connectivity index (χ4v) is 2.69. The summed E-state index contributed by atoms with van der Waals surface area (Å²) in [5.41, 5.74) is 1.56. The summed E-state index contributed by atoms with van der Waals surface area (Å²) in [6.07, 6.45) is 7.10. The Bertz CT molecular complexity index is 263. The Hall–Kier alpha value is -0.780. The van der Waals surface area contributed by atoms with E-state index in [9.17, 15) is 0 Å². The van der Waals surface area contributed by atoms with Crippen LogP contribution in [0.25, 0.3) is 0 Å². The second-order valence-electron chi connectivity index (χ2n) is 4.63. The topological polar surface area (TPSA) is 0 Å². The molecule has 0 spiro atoms. The summed E-state index contributed by atoms with van der Waals surface area (Å²) < 4.78 is 0.